The van der Waals surface area contributed by atoms with Crippen LogP contribution in [0.15, 0.2) is 48.8 Å². The van der Waals surface area contributed by atoms with E-state index in [9.17, 15) is 9.18 Å². The number of halogens is 1. The zero-order chi connectivity index (χ0) is 20.1. The molecule has 0 saturated heterocycles. The molecule has 1 aromatic heterocycles. The zero-order valence-corrected chi connectivity index (χ0v) is 15.3. The lowest BCUT2D eigenvalue weighted by atomic mass is 10.1. The Balaban J connectivity index is 1.91. The van der Waals surface area contributed by atoms with Gasteiger partial charge in [-0.15, -0.1) is 0 Å². The fraction of sp³-hybridized carbons (Fsp3) is 0.150. The molecule has 8 heteroatoms. The molecule has 144 valence electrons. The molecule has 1 heterocycles. The van der Waals surface area contributed by atoms with Crippen molar-refractivity contribution in [3.8, 4) is 22.8 Å². The van der Waals surface area contributed by atoms with E-state index < -0.39 is 11.8 Å². The SMILES string of the molecule is COc1ccc(Nc2cc(-c3ccc(F)cc3OC)ncn2)cc1CC(=O)O. The lowest BCUT2D eigenvalue weighted by molar-refractivity contribution is -0.136. The Hall–Kier alpha value is -3.68. The molecule has 3 aromatic rings. The van der Waals surface area contributed by atoms with E-state index in [-0.39, 0.29) is 6.42 Å². The topological polar surface area (TPSA) is 93.6 Å². The molecule has 0 radical (unpaired) electrons. The average Bonchev–Trinajstić information content (AvgIpc) is 2.68. The van der Waals surface area contributed by atoms with Gasteiger partial charge in [-0.2, -0.15) is 0 Å². The van der Waals surface area contributed by atoms with E-state index in [1.54, 1.807) is 30.3 Å². The largest absolute Gasteiger partial charge is 0.496 e. The number of methoxy groups -OCH3 is 2. The van der Waals surface area contributed by atoms with E-state index in [4.69, 9.17) is 14.6 Å². The molecule has 7 nitrogen and oxygen atoms in total. The molecule has 3 rings (SSSR count). The van der Waals surface area contributed by atoms with Crippen LogP contribution in [0, 0.1) is 5.82 Å². The summed E-state index contributed by atoms with van der Waals surface area (Å²) in [5.41, 5.74) is 2.35. The second-order valence-electron chi connectivity index (χ2n) is 5.86. The minimum Gasteiger partial charge on any atom is -0.496 e. The molecule has 0 bridgehead atoms. The van der Waals surface area contributed by atoms with Crippen LogP contribution in [0.4, 0.5) is 15.9 Å². The average molecular weight is 383 g/mol. The van der Waals surface area contributed by atoms with Gasteiger partial charge in [0.15, 0.2) is 0 Å². The number of hydrogen-bond donors (Lipinski definition) is 2. The number of anilines is 2. The van der Waals surface area contributed by atoms with E-state index in [1.807, 2.05) is 0 Å². The summed E-state index contributed by atoms with van der Waals surface area (Å²) in [5, 5.41) is 12.2. The van der Waals surface area contributed by atoms with Crippen LogP contribution < -0.4 is 14.8 Å². The predicted octanol–water partition coefficient (Wildman–Crippen LogP) is 3.67. The maximum atomic E-state index is 13.4. The molecule has 0 atom stereocenters. The third-order valence-electron chi connectivity index (χ3n) is 4.00. The van der Waals surface area contributed by atoms with Crippen molar-refractivity contribution in [1.29, 1.82) is 0 Å². The van der Waals surface area contributed by atoms with Gasteiger partial charge >= 0.3 is 5.97 Å². The molecule has 0 saturated carbocycles. The number of nitrogens with one attached hydrogen (secondary N) is 1. The molecule has 2 aromatic carbocycles. The number of ether oxygens (including phenoxy) is 2. The molecule has 0 unspecified atom stereocenters. The van der Waals surface area contributed by atoms with Crippen LogP contribution in [0.3, 0.4) is 0 Å². The maximum Gasteiger partial charge on any atom is 0.307 e. The Kier molecular flexibility index (Phi) is 5.69. The van der Waals surface area contributed by atoms with Crippen molar-refractivity contribution in [2.24, 2.45) is 0 Å². The first-order valence-corrected chi connectivity index (χ1v) is 8.32. The van der Waals surface area contributed by atoms with Crippen LogP contribution in [0.25, 0.3) is 11.3 Å². The van der Waals surface area contributed by atoms with E-state index >= 15 is 0 Å². The van der Waals surface area contributed by atoms with E-state index in [0.29, 0.717) is 39.8 Å². The first kappa shape index (κ1) is 19.1. The van der Waals surface area contributed by atoms with E-state index in [0.717, 1.165) is 0 Å². The first-order chi connectivity index (χ1) is 13.5. The normalized spacial score (nSPS) is 10.4. The van der Waals surface area contributed by atoms with Gasteiger partial charge in [-0.3, -0.25) is 4.79 Å². The van der Waals surface area contributed by atoms with Crippen LogP contribution in [-0.2, 0) is 11.2 Å². The summed E-state index contributed by atoms with van der Waals surface area (Å²) in [5.74, 6) is -0.0200. The Morgan fingerprint density at radius 2 is 1.86 bits per heavy atom. The quantitative estimate of drug-likeness (QED) is 0.643. The minimum atomic E-state index is -0.955. The van der Waals surface area contributed by atoms with Crippen LogP contribution in [0.2, 0.25) is 0 Å². The number of rotatable bonds is 7. The number of carboxylic acids is 1. The van der Waals surface area contributed by atoms with E-state index in [2.05, 4.69) is 15.3 Å². The number of carboxylic acid groups (broad SMARTS) is 1. The van der Waals surface area contributed by atoms with Gasteiger partial charge in [-0.05, 0) is 30.3 Å². The van der Waals surface area contributed by atoms with Gasteiger partial charge in [0.25, 0.3) is 0 Å². The zero-order valence-electron chi connectivity index (χ0n) is 15.3. The molecule has 0 amide bonds. The number of aliphatic carboxylic acids is 1. The van der Waals surface area contributed by atoms with Crippen molar-refractivity contribution >= 4 is 17.5 Å². The molecular weight excluding hydrogens is 365 g/mol. The fourth-order valence-electron chi connectivity index (χ4n) is 2.75. The number of hydrogen-bond acceptors (Lipinski definition) is 6. The summed E-state index contributed by atoms with van der Waals surface area (Å²) in [7, 11) is 2.94. The fourth-order valence-corrected chi connectivity index (χ4v) is 2.75. The van der Waals surface area contributed by atoms with Crippen molar-refractivity contribution < 1.29 is 23.8 Å². The number of aromatic nitrogens is 2. The Bertz CT molecular complexity index is 1010. The van der Waals surface area contributed by atoms with Crippen molar-refractivity contribution in [3.05, 3.63) is 60.2 Å². The number of benzene rings is 2. The lowest BCUT2D eigenvalue weighted by Gasteiger charge is -2.12. The first-order valence-electron chi connectivity index (χ1n) is 8.32. The Morgan fingerprint density at radius 1 is 1.07 bits per heavy atom. The Labute approximate surface area is 160 Å². The highest BCUT2D eigenvalue weighted by Crippen LogP contribution is 2.31. The number of carbonyl (C=O) groups is 1. The summed E-state index contributed by atoms with van der Waals surface area (Å²) < 4.78 is 23.9. The lowest BCUT2D eigenvalue weighted by Crippen LogP contribution is -2.03. The van der Waals surface area contributed by atoms with Crippen molar-refractivity contribution in [3.63, 3.8) is 0 Å². The second-order valence-corrected chi connectivity index (χ2v) is 5.86. The highest BCUT2D eigenvalue weighted by Gasteiger charge is 2.12. The standard InChI is InChI=1S/C20H18FN3O4/c1-27-17-6-4-14(7-12(17)8-20(25)26)24-19-10-16(22-11-23-19)15-5-3-13(21)9-18(15)28-2/h3-7,9-11H,8H2,1-2H3,(H,25,26)(H,22,23,24). The Morgan fingerprint density at radius 3 is 2.57 bits per heavy atom. The molecule has 0 spiro atoms. The second kappa shape index (κ2) is 8.34. The molecule has 2 N–H and O–H groups in total. The van der Waals surface area contributed by atoms with Crippen molar-refractivity contribution in [2.45, 2.75) is 6.42 Å². The van der Waals surface area contributed by atoms with Crippen molar-refractivity contribution in [1.82, 2.24) is 9.97 Å². The summed E-state index contributed by atoms with van der Waals surface area (Å²) in [4.78, 5) is 19.5. The van der Waals surface area contributed by atoms with Gasteiger partial charge in [0, 0.05) is 28.9 Å². The van der Waals surface area contributed by atoms with Crippen LogP contribution in [0.1, 0.15) is 5.56 Å². The molecule has 0 aliphatic rings. The van der Waals surface area contributed by atoms with Gasteiger partial charge in [-0.1, -0.05) is 0 Å². The van der Waals surface area contributed by atoms with Gasteiger partial charge in [0.05, 0.1) is 26.3 Å². The number of nitrogens with zero attached hydrogens (tertiary/aromatic N) is 2. The summed E-state index contributed by atoms with van der Waals surface area (Å²) >= 11 is 0. The van der Waals surface area contributed by atoms with Crippen LogP contribution in [0.5, 0.6) is 11.5 Å². The van der Waals surface area contributed by atoms with Gasteiger partial charge in [0.2, 0.25) is 0 Å². The summed E-state index contributed by atoms with van der Waals surface area (Å²) in [6.07, 6.45) is 1.21. The minimum absolute atomic E-state index is 0.166. The van der Waals surface area contributed by atoms with Crippen LogP contribution in [-0.4, -0.2) is 35.3 Å². The van der Waals surface area contributed by atoms with E-state index in [1.165, 1.54) is 32.7 Å². The molecule has 0 aliphatic heterocycles. The van der Waals surface area contributed by atoms with Gasteiger partial charge in [-0.25, -0.2) is 14.4 Å². The third kappa shape index (κ3) is 4.35. The van der Waals surface area contributed by atoms with Gasteiger partial charge in [0.1, 0.15) is 29.5 Å². The maximum absolute atomic E-state index is 13.4. The summed E-state index contributed by atoms with van der Waals surface area (Å²) in [6, 6.07) is 11.0. The third-order valence-corrected chi connectivity index (χ3v) is 4.00. The highest BCUT2D eigenvalue weighted by molar-refractivity contribution is 5.74. The van der Waals surface area contributed by atoms with Crippen LogP contribution >= 0.6 is 0 Å². The van der Waals surface area contributed by atoms with Crippen molar-refractivity contribution in [2.75, 3.05) is 19.5 Å². The molecular formula is C20H18FN3O4. The molecule has 0 aliphatic carbocycles. The van der Waals surface area contributed by atoms with Gasteiger partial charge < -0.3 is 19.9 Å². The highest BCUT2D eigenvalue weighted by atomic mass is 19.1. The predicted molar refractivity (Wildman–Crippen MR) is 102 cm³/mol. The molecule has 0 fully saturated rings. The smallest absolute Gasteiger partial charge is 0.307 e. The monoisotopic (exact) mass is 383 g/mol. The molecule has 28 heavy (non-hydrogen) atoms. The summed E-state index contributed by atoms with van der Waals surface area (Å²) in [6.45, 7) is 0.